The molecule has 0 unspecified atom stereocenters. The third-order valence-corrected chi connectivity index (χ3v) is 6.67. The maximum absolute atomic E-state index is 12.7. The molecule has 10 heteroatoms. The van der Waals surface area contributed by atoms with Gasteiger partial charge in [0.1, 0.15) is 6.61 Å². The van der Waals surface area contributed by atoms with E-state index < -0.39 is 0 Å². The minimum absolute atomic E-state index is 0.0638. The number of imidazole rings is 1. The van der Waals surface area contributed by atoms with Crippen LogP contribution < -0.4 is 20.6 Å². The van der Waals surface area contributed by atoms with Crippen LogP contribution in [0.2, 0.25) is 0 Å². The summed E-state index contributed by atoms with van der Waals surface area (Å²) in [6, 6.07) is 13.5. The number of carbonyl (C=O) groups is 2. The summed E-state index contributed by atoms with van der Waals surface area (Å²) in [4.78, 5) is 41.6. The molecule has 0 radical (unpaired) electrons. The molecule has 3 heterocycles. The van der Waals surface area contributed by atoms with E-state index in [-0.39, 0.29) is 18.0 Å². The Labute approximate surface area is 209 Å². The van der Waals surface area contributed by atoms with Crippen molar-refractivity contribution in [3.8, 4) is 0 Å². The van der Waals surface area contributed by atoms with Crippen LogP contribution in [0.1, 0.15) is 34.5 Å². The van der Waals surface area contributed by atoms with Crippen LogP contribution in [0.5, 0.6) is 0 Å². The molecule has 0 spiro atoms. The van der Waals surface area contributed by atoms with Gasteiger partial charge in [-0.15, -0.1) is 0 Å². The number of benzene rings is 2. The van der Waals surface area contributed by atoms with E-state index in [1.54, 1.807) is 30.6 Å². The number of H-pyrrole nitrogens is 1. The van der Waals surface area contributed by atoms with E-state index in [2.05, 4.69) is 25.7 Å². The fourth-order valence-corrected chi connectivity index (χ4v) is 4.86. The first-order chi connectivity index (χ1) is 17.6. The Morgan fingerprint density at radius 3 is 2.81 bits per heavy atom. The molecule has 2 aliphatic heterocycles. The molecule has 36 heavy (non-hydrogen) atoms. The molecule has 3 N–H and O–H groups in total. The number of hydrogen-bond donors (Lipinski definition) is 3. The molecule has 2 aromatic carbocycles. The van der Waals surface area contributed by atoms with Crippen LogP contribution in [-0.4, -0.2) is 54.8 Å². The molecule has 188 valence electrons. The van der Waals surface area contributed by atoms with Gasteiger partial charge in [-0.25, -0.2) is 9.78 Å². The molecule has 2 aliphatic rings. The normalized spacial score (nSPS) is 15.9. The van der Waals surface area contributed by atoms with Gasteiger partial charge in [0.15, 0.2) is 0 Å². The Kier molecular flexibility index (Phi) is 7.03. The van der Waals surface area contributed by atoms with E-state index in [0.717, 1.165) is 54.3 Å². The molecule has 1 aromatic heterocycles. The molecule has 1 saturated heterocycles. The molecule has 2 amide bonds. The second-order valence-corrected chi connectivity index (χ2v) is 8.89. The Balaban J connectivity index is 1.24. The lowest BCUT2D eigenvalue weighted by molar-refractivity contribution is 0.0954. The van der Waals surface area contributed by atoms with Crippen LogP contribution in [-0.2, 0) is 22.6 Å². The van der Waals surface area contributed by atoms with Crippen molar-refractivity contribution in [1.82, 2.24) is 15.3 Å². The molecule has 3 aromatic rings. The van der Waals surface area contributed by atoms with Gasteiger partial charge in [-0.1, -0.05) is 18.2 Å². The van der Waals surface area contributed by atoms with Crippen LogP contribution >= 0.6 is 0 Å². The van der Waals surface area contributed by atoms with E-state index in [4.69, 9.17) is 9.57 Å². The number of cyclic esters (lactones) is 1. The summed E-state index contributed by atoms with van der Waals surface area (Å²) in [5.74, 6) is -0.152. The zero-order chi connectivity index (χ0) is 24.9. The highest BCUT2D eigenvalue weighted by Gasteiger charge is 2.34. The molecular weight excluding hydrogens is 460 g/mol. The number of aromatic amines is 1. The van der Waals surface area contributed by atoms with Crippen LogP contribution in [0.3, 0.4) is 0 Å². The number of nitrogens with zero attached hydrogens (tertiary/aromatic N) is 3. The number of rotatable bonds is 8. The zero-order valence-electron chi connectivity index (χ0n) is 20.2. The molecular formula is C26H30N6O4. The minimum atomic E-state index is -0.281. The molecule has 1 fully saturated rings. The highest BCUT2D eigenvalue weighted by Crippen LogP contribution is 2.34. The van der Waals surface area contributed by atoms with E-state index >= 15 is 0 Å². The van der Waals surface area contributed by atoms with Crippen LogP contribution in [0.15, 0.2) is 55.0 Å². The van der Waals surface area contributed by atoms with Crippen molar-refractivity contribution in [3.63, 3.8) is 0 Å². The summed E-state index contributed by atoms with van der Waals surface area (Å²) >= 11 is 0. The third-order valence-electron chi connectivity index (χ3n) is 6.67. The highest BCUT2D eigenvalue weighted by atomic mass is 16.6. The summed E-state index contributed by atoms with van der Waals surface area (Å²) < 4.78 is 5.42. The van der Waals surface area contributed by atoms with Crippen molar-refractivity contribution in [1.29, 1.82) is 0 Å². The Morgan fingerprint density at radius 1 is 1.19 bits per heavy atom. The maximum atomic E-state index is 12.7. The summed E-state index contributed by atoms with van der Waals surface area (Å²) in [7, 11) is 1.55. The van der Waals surface area contributed by atoms with Gasteiger partial charge in [0.05, 0.1) is 30.5 Å². The largest absolute Gasteiger partial charge is 0.444 e. The monoisotopic (exact) mass is 490 g/mol. The van der Waals surface area contributed by atoms with E-state index in [1.807, 2.05) is 36.4 Å². The summed E-state index contributed by atoms with van der Waals surface area (Å²) in [5.41, 5.74) is 8.08. The van der Waals surface area contributed by atoms with Crippen molar-refractivity contribution in [3.05, 3.63) is 71.8 Å². The van der Waals surface area contributed by atoms with Crippen LogP contribution in [0.4, 0.5) is 21.9 Å². The molecule has 0 bridgehead atoms. The van der Waals surface area contributed by atoms with Gasteiger partial charge in [0, 0.05) is 55.1 Å². The number of anilines is 3. The summed E-state index contributed by atoms with van der Waals surface area (Å²) in [6.45, 7) is 2.33. The lowest BCUT2D eigenvalue weighted by atomic mass is 9.99. The maximum Gasteiger partial charge on any atom is 0.414 e. The van der Waals surface area contributed by atoms with Crippen molar-refractivity contribution < 1.29 is 19.2 Å². The van der Waals surface area contributed by atoms with Gasteiger partial charge in [-0.3, -0.25) is 20.0 Å². The quantitative estimate of drug-likeness (QED) is 0.415. The fourth-order valence-electron chi connectivity index (χ4n) is 4.86. The van der Waals surface area contributed by atoms with Crippen molar-refractivity contribution in [2.75, 3.05) is 42.0 Å². The number of carbonyl (C=O) groups excluding carboxylic acids is 2. The van der Waals surface area contributed by atoms with Gasteiger partial charge in [-0.2, -0.15) is 0 Å². The van der Waals surface area contributed by atoms with Crippen LogP contribution in [0, 0.1) is 0 Å². The number of nitrogens with one attached hydrogen (secondary N) is 3. The second-order valence-electron chi connectivity index (χ2n) is 8.89. The van der Waals surface area contributed by atoms with Gasteiger partial charge in [-0.05, 0) is 37.1 Å². The highest BCUT2D eigenvalue weighted by molar-refractivity contribution is 5.96. The molecule has 0 atom stereocenters. The fraction of sp³-hybridized carbons (Fsp3) is 0.346. The standard InChI is InChI=1S/C26H30N6O4/c1-35-30-22-14-18(25(33)28-11-8-20-15-27-17-29-20)6-7-24(22)31-12-9-21(10-13-31)32-23-5-3-2-4-19(23)16-36-26(32)34/h2-7,14-15,17,21,30H,8-13,16H2,1H3,(H,27,29)(H,28,33). The van der Waals surface area contributed by atoms with Gasteiger partial charge >= 0.3 is 6.09 Å². The average molecular weight is 491 g/mol. The van der Waals surface area contributed by atoms with E-state index in [9.17, 15) is 9.59 Å². The minimum Gasteiger partial charge on any atom is -0.444 e. The first kappa shape index (κ1) is 23.7. The van der Waals surface area contributed by atoms with Crippen molar-refractivity contribution in [2.24, 2.45) is 0 Å². The number of piperidine rings is 1. The lowest BCUT2D eigenvalue weighted by Crippen LogP contribution is -2.49. The third kappa shape index (κ3) is 4.99. The number of hydrogen-bond acceptors (Lipinski definition) is 7. The predicted octanol–water partition coefficient (Wildman–Crippen LogP) is 3.48. The number of aromatic nitrogens is 2. The SMILES string of the molecule is CONc1cc(C(=O)NCCc2cnc[nH]2)ccc1N1CCC(N2C(=O)OCc3ccccc32)CC1. The van der Waals surface area contributed by atoms with Gasteiger partial charge in [0.2, 0.25) is 0 Å². The lowest BCUT2D eigenvalue weighted by Gasteiger charge is -2.41. The second kappa shape index (κ2) is 10.7. The van der Waals surface area contributed by atoms with Crippen molar-refractivity contribution >= 4 is 29.1 Å². The Bertz CT molecular complexity index is 1210. The van der Waals surface area contributed by atoms with E-state index in [0.29, 0.717) is 25.1 Å². The summed E-state index contributed by atoms with van der Waals surface area (Å²) in [5, 5.41) is 2.94. The molecule has 5 rings (SSSR count). The van der Waals surface area contributed by atoms with Gasteiger partial charge < -0.3 is 19.9 Å². The first-order valence-electron chi connectivity index (χ1n) is 12.1. The molecule has 0 saturated carbocycles. The zero-order valence-corrected chi connectivity index (χ0v) is 20.2. The summed E-state index contributed by atoms with van der Waals surface area (Å²) in [6.07, 6.45) is 5.36. The first-order valence-corrected chi connectivity index (χ1v) is 12.1. The topological polar surface area (TPSA) is 112 Å². The number of fused-ring (bicyclic) bond motifs is 1. The number of para-hydroxylation sites is 1. The Morgan fingerprint density at radius 2 is 2.03 bits per heavy atom. The molecule has 0 aliphatic carbocycles. The Hall–Kier alpha value is -4.05. The predicted molar refractivity (Wildman–Crippen MR) is 136 cm³/mol. The van der Waals surface area contributed by atoms with Crippen molar-refractivity contribution in [2.45, 2.75) is 31.9 Å². The number of amides is 2. The number of ether oxygens (including phenoxy) is 1. The van der Waals surface area contributed by atoms with E-state index in [1.165, 1.54) is 0 Å². The van der Waals surface area contributed by atoms with Crippen LogP contribution in [0.25, 0.3) is 0 Å². The smallest absolute Gasteiger partial charge is 0.414 e. The molecule has 10 nitrogen and oxygen atoms in total. The average Bonchev–Trinajstić information content (AvgIpc) is 3.43. The van der Waals surface area contributed by atoms with Gasteiger partial charge in [0.25, 0.3) is 5.91 Å².